The lowest BCUT2D eigenvalue weighted by Gasteiger charge is -2.13. The minimum atomic E-state index is -0.634. The van der Waals surface area contributed by atoms with Crippen molar-refractivity contribution in [2.24, 2.45) is 0 Å². The van der Waals surface area contributed by atoms with E-state index in [0.29, 0.717) is 17.7 Å². The second-order valence-electron chi connectivity index (χ2n) is 9.28. The molecule has 0 atom stereocenters. The Morgan fingerprint density at radius 3 is 2.47 bits per heavy atom. The fourth-order valence-corrected chi connectivity index (χ4v) is 4.85. The van der Waals surface area contributed by atoms with Gasteiger partial charge in [0.25, 0.3) is 16.8 Å². The van der Waals surface area contributed by atoms with Gasteiger partial charge < -0.3 is 14.8 Å². The summed E-state index contributed by atoms with van der Waals surface area (Å²) in [6, 6.07) is 17.1. The fourth-order valence-electron chi connectivity index (χ4n) is 3.82. The van der Waals surface area contributed by atoms with Crippen molar-refractivity contribution >= 4 is 63.8 Å². The van der Waals surface area contributed by atoms with E-state index in [4.69, 9.17) is 21.1 Å². The van der Waals surface area contributed by atoms with Crippen molar-refractivity contribution in [3.05, 3.63) is 103 Å². The van der Waals surface area contributed by atoms with Gasteiger partial charge in [-0.3, -0.25) is 29.4 Å². The van der Waals surface area contributed by atoms with Gasteiger partial charge in [-0.05, 0) is 77.9 Å². The number of halogens is 1. The van der Waals surface area contributed by atoms with E-state index in [1.807, 2.05) is 6.92 Å². The van der Waals surface area contributed by atoms with Crippen molar-refractivity contribution in [2.75, 3.05) is 18.5 Å². The molecule has 0 aliphatic carbocycles. The first-order chi connectivity index (χ1) is 20.6. The molecule has 1 aliphatic heterocycles. The normalized spacial score (nSPS) is 13.7. The van der Waals surface area contributed by atoms with Crippen LogP contribution >= 0.6 is 23.4 Å². The Morgan fingerprint density at radius 1 is 1.07 bits per heavy atom. The van der Waals surface area contributed by atoms with E-state index in [2.05, 4.69) is 5.32 Å². The number of ether oxygens (including phenoxy) is 2. The third-order valence-corrected chi connectivity index (χ3v) is 7.34. The number of thioether (sulfide) groups is 1. The van der Waals surface area contributed by atoms with E-state index in [1.165, 1.54) is 30.3 Å². The fraction of sp³-hybridized carbons (Fsp3) is 0.200. The predicted molar refractivity (Wildman–Crippen MR) is 162 cm³/mol. The van der Waals surface area contributed by atoms with Gasteiger partial charge in [0.1, 0.15) is 18.9 Å². The number of anilines is 1. The number of nitrogens with one attached hydrogen (secondary N) is 1. The molecule has 3 aromatic rings. The van der Waals surface area contributed by atoms with Crippen LogP contribution in [0.1, 0.15) is 41.3 Å². The lowest BCUT2D eigenvalue weighted by atomic mass is 10.2. The highest BCUT2D eigenvalue weighted by Crippen LogP contribution is 2.32. The SMILES string of the molecule is CCCCOC(=O)c1cc(NC(=O)CN2C(=O)S/C(=C/c3ccc(OCc4ccc([N+](=O)[O-])cc4)cc3)C2=O)ccc1Cl. The average molecular weight is 624 g/mol. The predicted octanol–water partition coefficient (Wildman–Crippen LogP) is 6.46. The number of hydrogen-bond acceptors (Lipinski definition) is 9. The number of nitrogens with zero attached hydrogens (tertiary/aromatic N) is 2. The smallest absolute Gasteiger partial charge is 0.339 e. The number of imide groups is 1. The highest BCUT2D eigenvalue weighted by atomic mass is 35.5. The third kappa shape index (κ3) is 8.43. The van der Waals surface area contributed by atoms with Gasteiger partial charge in [0.05, 0.1) is 27.0 Å². The molecule has 0 bridgehead atoms. The van der Waals surface area contributed by atoms with Crippen molar-refractivity contribution in [1.82, 2.24) is 4.90 Å². The first kappa shape index (κ1) is 31.3. The van der Waals surface area contributed by atoms with Crippen LogP contribution in [0.3, 0.4) is 0 Å². The van der Waals surface area contributed by atoms with Gasteiger partial charge in [0, 0.05) is 17.8 Å². The zero-order valence-electron chi connectivity index (χ0n) is 22.9. The molecule has 0 unspecified atom stereocenters. The van der Waals surface area contributed by atoms with E-state index in [9.17, 15) is 29.3 Å². The summed E-state index contributed by atoms with van der Waals surface area (Å²) in [5.74, 6) is -1.32. The van der Waals surface area contributed by atoms with Gasteiger partial charge in [-0.15, -0.1) is 0 Å². The number of hydrogen-bond donors (Lipinski definition) is 1. The van der Waals surface area contributed by atoms with Crippen molar-refractivity contribution in [3.63, 3.8) is 0 Å². The standard InChI is InChI=1S/C30H26ClN3O8S/c1-2-3-14-41-29(37)24-16-21(8-13-25(24)31)32-27(35)17-33-28(36)26(43-30(33)38)15-19-6-11-23(12-7-19)42-18-20-4-9-22(10-5-20)34(39)40/h4-13,15-16H,2-3,14,17-18H2,1H3,(H,32,35)/b26-15+. The number of benzene rings is 3. The number of amides is 3. The summed E-state index contributed by atoms with van der Waals surface area (Å²) in [4.78, 5) is 61.7. The zero-order chi connectivity index (χ0) is 30.9. The summed E-state index contributed by atoms with van der Waals surface area (Å²) in [5, 5.41) is 12.9. The van der Waals surface area contributed by atoms with Crippen LogP contribution in [0.2, 0.25) is 5.02 Å². The number of esters is 1. The van der Waals surface area contributed by atoms with Gasteiger partial charge in [-0.1, -0.05) is 37.1 Å². The molecule has 43 heavy (non-hydrogen) atoms. The average Bonchev–Trinajstić information content (AvgIpc) is 3.25. The quantitative estimate of drug-likeness (QED) is 0.0789. The summed E-state index contributed by atoms with van der Waals surface area (Å²) in [5.41, 5.74) is 1.74. The van der Waals surface area contributed by atoms with E-state index in [0.717, 1.165) is 28.6 Å². The number of nitro benzene ring substituents is 1. The second kappa shape index (κ2) is 14.5. The number of carbonyl (C=O) groups excluding carboxylic acids is 4. The highest BCUT2D eigenvalue weighted by molar-refractivity contribution is 8.18. The number of nitro groups is 1. The van der Waals surface area contributed by atoms with Gasteiger partial charge >= 0.3 is 5.97 Å². The largest absolute Gasteiger partial charge is 0.489 e. The van der Waals surface area contributed by atoms with E-state index >= 15 is 0 Å². The number of unbranched alkanes of at least 4 members (excludes halogenated alkanes) is 1. The Hall–Kier alpha value is -4.68. The first-order valence-corrected chi connectivity index (χ1v) is 14.3. The molecular formula is C30H26ClN3O8S. The molecule has 0 radical (unpaired) electrons. The minimum Gasteiger partial charge on any atom is -0.489 e. The first-order valence-electron chi connectivity index (χ1n) is 13.1. The maximum absolute atomic E-state index is 12.9. The summed E-state index contributed by atoms with van der Waals surface area (Å²) in [6.07, 6.45) is 3.10. The summed E-state index contributed by atoms with van der Waals surface area (Å²) >= 11 is 6.83. The maximum atomic E-state index is 12.9. The third-order valence-electron chi connectivity index (χ3n) is 6.11. The molecule has 1 heterocycles. The van der Waals surface area contributed by atoms with Gasteiger partial charge in [0.15, 0.2) is 0 Å². The molecule has 0 aromatic heterocycles. The molecule has 1 aliphatic rings. The Bertz CT molecular complexity index is 1580. The van der Waals surface area contributed by atoms with Crippen LogP contribution in [-0.2, 0) is 20.9 Å². The molecule has 222 valence electrons. The number of non-ortho nitro benzene ring substituents is 1. The van der Waals surface area contributed by atoms with Gasteiger partial charge in [0.2, 0.25) is 5.91 Å². The summed E-state index contributed by atoms with van der Waals surface area (Å²) in [6.45, 7) is 1.90. The number of rotatable bonds is 12. The molecule has 0 saturated carbocycles. The van der Waals surface area contributed by atoms with E-state index < -0.39 is 34.5 Å². The van der Waals surface area contributed by atoms with Gasteiger partial charge in [-0.2, -0.15) is 0 Å². The van der Waals surface area contributed by atoms with Crippen LogP contribution in [0.5, 0.6) is 5.75 Å². The highest BCUT2D eigenvalue weighted by Gasteiger charge is 2.36. The molecule has 4 rings (SSSR count). The monoisotopic (exact) mass is 623 g/mol. The van der Waals surface area contributed by atoms with E-state index in [1.54, 1.807) is 42.5 Å². The molecule has 1 saturated heterocycles. The van der Waals surface area contributed by atoms with Crippen molar-refractivity contribution in [1.29, 1.82) is 0 Å². The molecule has 0 spiro atoms. The molecule has 13 heteroatoms. The summed E-state index contributed by atoms with van der Waals surface area (Å²) < 4.78 is 10.9. The van der Waals surface area contributed by atoms with Crippen LogP contribution < -0.4 is 10.1 Å². The van der Waals surface area contributed by atoms with Gasteiger partial charge in [-0.25, -0.2) is 4.79 Å². The van der Waals surface area contributed by atoms with Crippen LogP contribution in [0.15, 0.2) is 71.6 Å². The van der Waals surface area contributed by atoms with Crippen LogP contribution in [0, 0.1) is 10.1 Å². The molecule has 3 amide bonds. The van der Waals surface area contributed by atoms with Crippen molar-refractivity contribution in [2.45, 2.75) is 26.4 Å². The van der Waals surface area contributed by atoms with Crippen LogP contribution in [0.4, 0.5) is 16.2 Å². The van der Waals surface area contributed by atoms with Crippen molar-refractivity contribution < 1.29 is 33.6 Å². The number of carbonyl (C=O) groups is 4. The molecule has 1 fully saturated rings. The molecular weight excluding hydrogens is 598 g/mol. The lowest BCUT2D eigenvalue weighted by molar-refractivity contribution is -0.384. The molecule has 1 N–H and O–H groups in total. The Labute approximate surface area is 255 Å². The summed E-state index contributed by atoms with van der Waals surface area (Å²) in [7, 11) is 0. The van der Waals surface area contributed by atoms with E-state index in [-0.39, 0.29) is 40.1 Å². The minimum absolute atomic E-state index is 0.00461. The Balaban J connectivity index is 1.33. The van der Waals surface area contributed by atoms with Crippen LogP contribution in [0.25, 0.3) is 6.08 Å². The molecule has 11 nitrogen and oxygen atoms in total. The maximum Gasteiger partial charge on any atom is 0.339 e. The Kier molecular flexibility index (Phi) is 10.5. The Morgan fingerprint density at radius 2 is 1.79 bits per heavy atom. The lowest BCUT2D eigenvalue weighted by Crippen LogP contribution is -2.36. The zero-order valence-corrected chi connectivity index (χ0v) is 24.5. The van der Waals surface area contributed by atoms with Crippen LogP contribution in [-0.4, -0.2) is 46.0 Å². The van der Waals surface area contributed by atoms with Crippen molar-refractivity contribution in [3.8, 4) is 5.75 Å². The molecule has 3 aromatic carbocycles. The topological polar surface area (TPSA) is 145 Å². The second-order valence-corrected chi connectivity index (χ2v) is 10.7.